The van der Waals surface area contributed by atoms with Crippen LogP contribution in [0.5, 0.6) is 0 Å². The Bertz CT molecular complexity index is 383. The molecule has 5 heteroatoms. The van der Waals surface area contributed by atoms with E-state index < -0.39 is 0 Å². The van der Waals surface area contributed by atoms with E-state index in [-0.39, 0.29) is 0 Å². The number of hydrogen-bond donors (Lipinski definition) is 0. The Labute approximate surface area is 95.6 Å². The molecule has 0 N–H and O–H groups in total. The van der Waals surface area contributed by atoms with Crippen molar-refractivity contribution in [3.05, 3.63) is 31.9 Å². The summed E-state index contributed by atoms with van der Waals surface area (Å²) in [6, 6.07) is 4.25. The maximum absolute atomic E-state index is 5.69. The summed E-state index contributed by atoms with van der Waals surface area (Å²) in [6.45, 7) is 0. The van der Waals surface area contributed by atoms with Gasteiger partial charge in [0.25, 0.3) is 0 Å². The first kappa shape index (κ1) is 10.1. The van der Waals surface area contributed by atoms with E-state index in [1.54, 1.807) is 11.3 Å². The molecular weight excluding hydrogens is 236 g/mol. The number of hydrogen-bond acceptors (Lipinski definition) is 4. The van der Waals surface area contributed by atoms with Crippen LogP contribution in [0.4, 0.5) is 0 Å². The smallest absolute Gasteiger partial charge is 0.149 e. The van der Waals surface area contributed by atoms with Gasteiger partial charge in [0.05, 0.1) is 0 Å². The van der Waals surface area contributed by atoms with Gasteiger partial charge in [-0.25, -0.2) is 0 Å². The molecule has 0 aromatic carbocycles. The molecule has 0 radical (unpaired) electrons. The Morgan fingerprint density at radius 3 is 2.86 bits per heavy atom. The van der Waals surface area contributed by atoms with Crippen LogP contribution in [0.2, 0.25) is 4.47 Å². The van der Waals surface area contributed by atoms with E-state index >= 15 is 0 Å². The third-order valence-electron chi connectivity index (χ3n) is 1.84. The van der Waals surface area contributed by atoms with E-state index in [0.717, 1.165) is 24.3 Å². The number of halogens is 1. The van der Waals surface area contributed by atoms with Gasteiger partial charge in [-0.2, -0.15) is 0 Å². The quantitative estimate of drug-likeness (QED) is 0.824. The molecule has 0 bridgehead atoms. The molecule has 14 heavy (non-hydrogen) atoms. The van der Waals surface area contributed by atoms with Gasteiger partial charge in [0.1, 0.15) is 5.01 Å². The minimum Gasteiger partial charge on any atom is -0.149 e. The molecule has 2 aromatic heterocycles. The zero-order chi connectivity index (χ0) is 9.80. The summed E-state index contributed by atoms with van der Waals surface area (Å²) < 4.78 is 0.538. The van der Waals surface area contributed by atoms with Gasteiger partial charge in [-0.15, -0.1) is 21.5 Å². The molecule has 0 aliphatic rings. The van der Waals surface area contributed by atoms with Crippen molar-refractivity contribution in [3.63, 3.8) is 0 Å². The molecule has 0 aliphatic heterocycles. The minimum atomic E-state index is 0.538. The highest BCUT2D eigenvalue weighted by Gasteiger charge is 2.01. The Morgan fingerprint density at radius 1 is 1.29 bits per heavy atom. The predicted octanol–water partition coefficient (Wildman–Crippen LogP) is 3.43. The molecule has 2 aromatic rings. The second-order valence-electron chi connectivity index (χ2n) is 2.88. The first-order chi connectivity index (χ1) is 6.84. The SMILES string of the molecule is Clc1nnc(CCCc2cccs2)s1. The van der Waals surface area contributed by atoms with Gasteiger partial charge in [0, 0.05) is 11.3 Å². The predicted molar refractivity (Wildman–Crippen MR) is 61.3 cm³/mol. The average molecular weight is 245 g/mol. The van der Waals surface area contributed by atoms with Gasteiger partial charge in [0.2, 0.25) is 4.47 Å². The number of nitrogens with zero attached hydrogens (tertiary/aromatic N) is 2. The van der Waals surface area contributed by atoms with E-state index in [9.17, 15) is 0 Å². The Kier molecular flexibility index (Phi) is 3.50. The molecule has 2 nitrogen and oxygen atoms in total. The standard InChI is InChI=1S/C9H9ClN2S2/c10-9-12-11-8(14-9)5-1-3-7-4-2-6-13-7/h2,4,6H,1,3,5H2. The highest BCUT2D eigenvalue weighted by atomic mass is 35.5. The lowest BCUT2D eigenvalue weighted by atomic mass is 10.2. The number of rotatable bonds is 4. The second-order valence-corrected chi connectivity index (χ2v) is 5.56. The van der Waals surface area contributed by atoms with Gasteiger partial charge >= 0.3 is 0 Å². The highest BCUT2D eigenvalue weighted by Crippen LogP contribution is 2.18. The van der Waals surface area contributed by atoms with Crippen molar-refractivity contribution in [2.24, 2.45) is 0 Å². The van der Waals surface area contributed by atoms with Crippen molar-refractivity contribution >= 4 is 34.3 Å². The summed E-state index contributed by atoms with van der Waals surface area (Å²) in [6.07, 6.45) is 3.21. The van der Waals surface area contributed by atoms with Crippen LogP contribution in [0.25, 0.3) is 0 Å². The topological polar surface area (TPSA) is 25.8 Å². The molecule has 0 aliphatic carbocycles. The molecule has 2 rings (SSSR count). The fourth-order valence-corrected chi connectivity index (χ4v) is 2.86. The molecule has 0 saturated heterocycles. The van der Waals surface area contributed by atoms with E-state index in [1.807, 2.05) is 0 Å². The Balaban J connectivity index is 1.78. The Hall–Kier alpha value is -0.450. The van der Waals surface area contributed by atoms with Gasteiger partial charge < -0.3 is 0 Å². The summed E-state index contributed by atoms with van der Waals surface area (Å²) in [5.74, 6) is 0. The van der Waals surface area contributed by atoms with Crippen LogP contribution in [0.3, 0.4) is 0 Å². The molecule has 0 fully saturated rings. The van der Waals surface area contributed by atoms with Crippen LogP contribution >= 0.6 is 34.3 Å². The van der Waals surface area contributed by atoms with Crippen LogP contribution < -0.4 is 0 Å². The number of aryl methyl sites for hydroxylation is 2. The van der Waals surface area contributed by atoms with Crippen LogP contribution in [0, 0.1) is 0 Å². The van der Waals surface area contributed by atoms with Crippen LogP contribution in [0.15, 0.2) is 17.5 Å². The van der Waals surface area contributed by atoms with Crippen LogP contribution in [-0.2, 0) is 12.8 Å². The van der Waals surface area contributed by atoms with Gasteiger partial charge in [0.15, 0.2) is 0 Å². The summed E-state index contributed by atoms with van der Waals surface area (Å²) >= 11 is 8.96. The fraction of sp³-hybridized carbons (Fsp3) is 0.333. The lowest BCUT2D eigenvalue weighted by Gasteiger charge is -1.94. The third kappa shape index (κ3) is 2.77. The second kappa shape index (κ2) is 4.87. The van der Waals surface area contributed by atoms with E-state index in [0.29, 0.717) is 4.47 Å². The van der Waals surface area contributed by atoms with E-state index in [2.05, 4.69) is 27.7 Å². The van der Waals surface area contributed by atoms with Crippen molar-refractivity contribution < 1.29 is 0 Å². The minimum absolute atomic E-state index is 0.538. The maximum atomic E-state index is 5.69. The van der Waals surface area contributed by atoms with Crippen LogP contribution in [0.1, 0.15) is 16.3 Å². The summed E-state index contributed by atoms with van der Waals surface area (Å²) in [5, 5.41) is 10.9. The van der Waals surface area contributed by atoms with Crippen molar-refractivity contribution in [1.82, 2.24) is 10.2 Å². The maximum Gasteiger partial charge on any atom is 0.207 e. The van der Waals surface area contributed by atoms with Crippen molar-refractivity contribution in [3.8, 4) is 0 Å². The monoisotopic (exact) mass is 244 g/mol. The molecular formula is C9H9ClN2S2. The molecule has 0 amide bonds. The average Bonchev–Trinajstić information content (AvgIpc) is 2.77. The number of thiophene rings is 1. The first-order valence-corrected chi connectivity index (χ1v) is 6.42. The normalized spacial score (nSPS) is 10.6. The fourth-order valence-electron chi connectivity index (χ4n) is 1.20. The molecule has 2 heterocycles. The van der Waals surface area contributed by atoms with Crippen LogP contribution in [-0.4, -0.2) is 10.2 Å². The summed E-state index contributed by atoms with van der Waals surface area (Å²) in [4.78, 5) is 1.43. The molecule has 0 saturated carbocycles. The molecule has 74 valence electrons. The van der Waals surface area contributed by atoms with E-state index in [1.165, 1.54) is 16.2 Å². The van der Waals surface area contributed by atoms with Gasteiger partial charge in [-0.05, 0) is 35.9 Å². The summed E-state index contributed by atoms with van der Waals surface area (Å²) in [7, 11) is 0. The zero-order valence-electron chi connectivity index (χ0n) is 7.44. The Morgan fingerprint density at radius 2 is 2.21 bits per heavy atom. The van der Waals surface area contributed by atoms with Crippen molar-refractivity contribution in [1.29, 1.82) is 0 Å². The largest absolute Gasteiger partial charge is 0.207 e. The lowest BCUT2D eigenvalue weighted by molar-refractivity contribution is 0.810. The molecule has 0 unspecified atom stereocenters. The zero-order valence-corrected chi connectivity index (χ0v) is 9.83. The number of aromatic nitrogens is 2. The first-order valence-electron chi connectivity index (χ1n) is 4.35. The van der Waals surface area contributed by atoms with E-state index in [4.69, 9.17) is 11.6 Å². The highest BCUT2D eigenvalue weighted by molar-refractivity contribution is 7.15. The molecule has 0 spiro atoms. The van der Waals surface area contributed by atoms with Gasteiger partial charge in [-0.1, -0.05) is 17.4 Å². The lowest BCUT2D eigenvalue weighted by Crippen LogP contribution is -1.87. The van der Waals surface area contributed by atoms with Crippen molar-refractivity contribution in [2.45, 2.75) is 19.3 Å². The van der Waals surface area contributed by atoms with Gasteiger partial charge in [-0.3, -0.25) is 0 Å². The molecule has 0 atom stereocenters. The summed E-state index contributed by atoms with van der Waals surface area (Å²) in [5.41, 5.74) is 0. The third-order valence-corrected chi connectivity index (χ3v) is 3.85. The van der Waals surface area contributed by atoms with Crippen molar-refractivity contribution in [2.75, 3.05) is 0 Å².